The molecule has 4 heteroatoms. The first-order chi connectivity index (χ1) is 3.42. The van der Waals surface area contributed by atoms with E-state index in [0.717, 1.165) is 0 Å². The number of amidine groups is 1. The van der Waals surface area contributed by atoms with Gasteiger partial charge in [-0.3, -0.25) is 5.41 Å². The minimum absolute atomic E-state index is 0.201. The molecule has 0 bridgehead atoms. The van der Waals surface area contributed by atoms with E-state index in [-0.39, 0.29) is 12.3 Å². The van der Waals surface area contributed by atoms with E-state index >= 15 is 0 Å². The van der Waals surface area contributed by atoms with Crippen molar-refractivity contribution in [1.82, 2.24) is 0 Å². The van der Waals surface area contributed by atoms with Crippen LogP contribution in [0.15, 0.2) is 0 Å². The van der Waals surface area contributed by atoms with Crippen molar-refractivity contribution in [2.75, 3.05) is 0 Å². The molecule has 0 aromatic heterocycles. The lowest BCUT2D eigenvalue weighted by Gasteiger charge is -2.13. The Labute approximate surface area is 47.4 Å². The molecule has 0 saturated carbocycles. The Bertz CT molecular complexity index is 94.7. The van der Waals surface area contributed by atoms with E-state index in [0.29, 0.717) is 0 Å². The van der Waals surface area contributed by atoms with Crippen molar-refractivity contribution in [3.63, 3.8) is 0 Å². The van der Waals surface area contributed by atoms with Gasteiger partial charge in [-0.05, 0) is 6.92 Å². The van der Waals surface area contributed by atoms with E-state index in [1.807, 2.05) is 0 Å². The van der Waals surface area contributed by atoms with Gasteiger partial charge in [0.2, 0.25) is 0 Å². The quantitative estimate of drug-likeness (QED) is 0.213. The fourth-order valence-corrected chi connectivity index (χ4v) is 0.361. The van der Waals surface area contributed by atoms with Gasteiger partial charge in [-0.25, -0.2) is 0 Å². The fraction of sp³-hybridized carbons (Fsp3) is 0.750. The molecule has 0 aliphatic carbocycles. The van der Waals surface area contributed by atoms with Crippen LogP contribution < -0.4 is 5.73 Å². The molecule has 0 aromatic rings. The zero-order valence-electron chi connectivity index (χ0n) is 4.68. The molecule has 0 saturated heterocycles. The van der Waals surface area contributed by atoms with E-state index in [2.05, 4.69) is 0 Å². The van der Waals surface area contributed by atoms with E-state index < -0.39 is 5.79 Å². The Hall–Kier alpha value is -0.610. The van der Waals surface area contributed by atoms with Crippen molar-refractivity contribution in [3.8, 4) is 0 Å². The maximum Gasteiger partial charge on any atom is 0.166 e. The SMILES string of the molecule is CC(O)(O)CC(=N)N. The highest BCUT2D eigenvalue weighted by Gasteiger charge is 2.15. The van der Waals surface area contributed by atoms with Gasteiger partial charge in [0.05, 0.1) is 12.3 Å². The highest BCUT2D eigenvalue weighted by Crippen LogP contribution is 2.00. The normalized spacial score (nSPS) is 11.4. The molecule has 8 heavy (non-hydrogen) atoms. The van der Waals surface area contributed by atoms with Crippen molar-refractivity contribution in [2.24, 2.45) is 5.73 Å². The third kappa shape index (κ3) is 5.39. The minimum Gasteiger partial charge on any atom is -0.387 e. The number of nitrogens with two attached hydrogens (primary N) is 1. The van der Waals surface area contributed by atoms with E-state index in [4.69, 9.17) is 21.4 Å². The Balaban J connectivity index is 3.55. The molecular formula is C4H10N2O2. The smallest absolute Gasteiger partial charge is 0.166 e. The third-order valence-electron chi connectivity index (χ3n) is 0.525. The maximum absolute atomic E-state index is 8.52. The van der Waals surface area contributed by atoms with Gasteiger partial charge in [0.25, 0.3) is 0 Å². The lowest BCUT2D eigenvalue weighted by molar-refractivity contribution is -0.137. The average molecular weight is 118 g/mol. The zero-order chi connectivity index (χ0) is 6.78. The van der Waals surface area contributed by atoms with Gasteiger partial charge in [-0.1, -0.05) is 0 Å². The van der Waals surface area contributed by atoms with Crippen molar-refractivity contribution < 1.29 is 10.2 Å². The lowest BCUT2D eigenvalue weighted by Crippen LogP contribution is -2.29. The van der Waals surface area contributed by atoms with Crippen molar-refractivity contribution in [3.05, 3.63) is 0 Å². The number of hydrogen-bond donors (Lipinski definition) is 4. The van der Waals surface area contributed by atoms with Gasteiger partial charge in [0, 0.05) is 0 Å². The first-order valence-electron chi connectivity index (χ1n) is 2.19. The van der Waals surface area contributed by atoms with Gasteiger partial charge >= 0.3 is 0 Å². The van der Waals surface area contributed by atoms with Crippen LogP contribution in [-0.4, -0.2) is 21.8 Å². The van der Waals surface area contributed by atoms with Gasteiger partial charge in [-0.15, -0.1) is 0 Å². The summed E-state index contributed by atoms with van der Waals surface area (Å²) >= 11 is 0. The van der Waals surface area contributed by atoms with Crippen LogP contribution in [0.25, 0.3) is 0 Å². The molecule has 0 aromatic carbocycles. The molecule has 0 atom stereocenters. The highest BCUT2D eigenvalue weighted by molar-refractivity contribution is 5.77. The Morgan fingerprint density at radius 1 is 1.75 bits per heavy atom. The van der Waals surface area contributed by atoms with Crippen LogP contribution >= 0.6 is 0 Å². The Kier molecular flexibility index (Phi) is 1.94. The number of aliphatic hydroxyl groups is 2. The molecule has 0 spiro atoms. The molecule has 48 valence electrons. The largest absolute Gasteiger partial charge is 0.387 e. The monoisotopic (exact) mass is 118 g/mol. The van der Waals surface area contributed by atoms with Crippen LogP contribution in [0.2, 0.25) is 0 Å². The zero-order valence-corrected chi connectivity index (χ0v) is 4.68. The summed E-state index contributed by atoms with van der Waals surface area (Å²) in [4.78, 5) is 0. The molecule has 0 unspecified atom stereocenters. The van der Waals surface area contributed by atoms with Crippen LogP contribution in [0.1, 0.15) is 13.3 Å². The molecule has 0 radical (unpaired) electrons. The molecule has 0 amide bonds. The Morgan fingerprint density at radius 2 is 2.12 bits per heavy atom. The van der Waals surface area contributed by atoms with Gasteiger partial charge in [-0.2, -0.15) is 0 Å². The molecule has 4 nitrogen and oxygen atoms in total. The predicted molar refractivity (Wildman–Crippen MR) is 29.4 cm³/mol. The molecule has 0 aliphatic heterocycles. The van der Waals surface area contributed by atoms with Crippen molar-refractivity contribution in [2.45, 2.75) is 19.1 Å². The van der Waals surface area contributed by atoms with Crippen LogP contribution in [0.3, 0.4) is 0 Å². The number of hydrogen-bond acceptors (Lipinski definition) is 3. The molecule has 0 heterocycles. The summed E-state index contributed by atoms with van der Waals surface area (Å²) in [6, 6.07) is 0. The summed E-state index contributed by atoms with van der Waals surface area (Å²) < 4.78 is 0. The third-order valence-corrected chi connectivity index (χ3v) is 0.525. The highest BCUT2D eigenvalue weighted by atomic mass is 16.5. The minimum atomic E-state index is -1.83. The second-order valence-electron chi connectivity index (χ2n) is 1.92. The standard InChI is InChI=1S/C4H10N2O2/c1-4(7,8)2-3(5)6/h7-8H,2H2,1H3,(H3,5,6). The molecule has 5 N–H and O–H groups in total. The fourth-order valence-electron chi connectivity index (χ4n) is 0.361. The summed E-state index contributed by atoms with van der Waals surface area (Å²) in [5, 5.41) is 23.7. The van der Waals surface area contributed by atoms with Gasteiger partial charge in [0.1, 0.15) is 0 Å². The molecule has 0 fully saturated rings. The van der Waals surface area contributed by atoms with Crippen molar-refractivity contribution >= 4 is 5.84 Å². The lowest BCUT2D eigenvalue weighted by atomic mass is 10.2. The molecule has 0 rings (SSSR count). The predicted octanol–water partition coefficient (Wildman–Crippen LogP) is -0.987. The summed E-state index contributed by atoms with van der Waals surface area (Å²) in [5.41, 5.74) is 4.84. The summed E-state index contributed by atoms with van der Waals surface area (Å²) in [5.74, 6) is -2.05. The Morgan fingerprint density at radius 3 is 2.12 bits per heavy atom. The topological polar surface area (TPSA) is 90.3 Å². The van der Waals surface area contributed by atoms with Crippen molar-refractivity contribution in [1.29, 1.82) is 5.41 Å². The van der Waals surface area contributed by atoms with Crippen LogP contribution in [-0.2, 0) is 0 Å². The maximum atomic E-state index is 8.52. The number of rotatable bonds is 2. The van der Waals surface area contributed by atoms with E-state index in [1.54, 1.807) is 0 Å². The first kappa shape index (κ1) is 7.39. The number of nitrogens with one attached hydrogen (secondary N) is 1. The van der Waals surface area contributed by atoms with Gasteiger partial charge in [0.15, 0.2) is 5.79 Å². The molecule has 0 aliphatic rings. The molecular weight excluding hydrogens is 108 g/mol. The second kappa shape index (κ2) is 2.11. The first-order valence-corrected chi connectivity index (χ1v) is 2.19. The average Bonchev–Trinajstić information content (AvgIpc) is 1.21. The van der Waals surface area contributed by atoms with Crippen LogP contribution in [0.4, 0.5) is 0 Å². The van der Waals surface area contributed by atoms with Crippen LogP contribution in [0.5, 0.6) is 0 Å². The van der Waals surface area contributed by atoms with Gasteiger partial charge < -0.3 is 15.9 Å². The second-order valence-corrected chi connectivity index (χ2v) is 1.92. The summed E-state index contributed by atoms with van der Waals surface area (Å²) in [6.45, 7) is 1.18. The van der Waals surface area contributed by atoms with E-state index in [1.165, 1.54) is 6.92 Å². The summed E-state index contributed by atoms with van der Waals surface area (Å²) in [6.07, 6.45) is -0.201. The summed E-state index contributed by atoms with van der Waals surface area (Å²) in [7, 11) is 0. The van der Waals surface area contributed by atoms with Crippen LogP contribution in [0, 0.1) is 5.41 Å². The van der Waals surface area contributed by atoms with E-state index in [9.17, 15) is 0 Å².